The number of nitrogens with two attached hydrogens (primary N) is 1. The van der Waals surface area contributed by atoms with E-state index >= 15 is 0 Å². The van der Waals surface area contributed by atoms with E-state index in [2.05, 4.69) is 9.71 Å². The smallest absolute Gasteiger partial charge is 0.264 e. The standard InChI is InChI=1S/C12H9ClN4O2S/c13-11-2-1-3-12(16-11)17-20(18,19)10-5-4-9(15)6-8(10)7-14/h1-6H,15H2,(H,16,17). The van der Waals surface area contributed by atoms with Crippen LogP contribution in [0.2, 0.25) is 5.15 Å². The molecule has 1 aromatic carbocycles. The molecule has 1 aromatic heterocycles. The molecule has 1 heterocycles. The lowest BCUT2D eigenvalue weighted by Gasteiger charge is -2.09. The summed E-state index contributed by atoms with van der Waals surface area (Å²) in [4.78, 5) is 3.65. The summed E-state index contributed by atoms with van der Waals surface area (Å²) in [5, 5.41) is 9.14. The van der Waals surface area contributed by atoms with Crippen LogP contribution < -0.4 is 10.5 Å². The highest BCUT2D eigenvalue weighted by molar-refractivity contribution is 7.92. The van der Waals surface area contributed by atoms with Crippen molar-refractivity contribution in [2.75, 3.05) is 10.5 Å². The summed E-state index contributed by atoms with van der Waals surface area (Å²) in [6.45, 7) is 0. The lowest BCUT2D eigenvalue weighted by Crippen LogP contribution is -2.15. The minimum absolute atomic E-state index is 0.0421. The van der Waals surface area contributed by atoms with Crippen molar-refractivity contribution in [3.8, 4) is 6.07 Å². The lowest BCUT2D eigenvalue weighted by molar-refractivity contribution is 0.601. The fraction of sp³-hybridized carbons (Fsp3) is 0. The molecule has 0 saturated carbocycles. The number of hydrogen-bond acceptors (Lipinski definition) is 5. The second-order valence-electron chi connectivity index (χ2n) is 3.82. The predicted molar refractivity (Wildman–Crippen MR) is 75.6 cm³/mol. The van der Waals surface area contributed by atoms with Gasteiger partial charge in [0, 0.05) is 5.69 Å². The van der Waals surface area contributed by atoms with E-state index in [4.69, 9.17) is 22.6 Å². The highest BCUT2D eigenvalue weighted by Crippen LogP contribution is 2.21. The van der Waals surface area contributed by atoms with Crippen LogP contribution in [-0.2, 0) is 10.0 Å². The van der Waals surface area contributed by atoms with Gasteiger partial charge in [0.05, 0.1) is 5.56 Å². The van der Waals surface area contributed by atoms with Gasteiger partial charge in [-0.3, -0.25) is 4.72 Å². The molecule has 2 aromatic rings. The van der Waals surface area contributed by atoms with Crippen molar-refractivity contribution < 1.29 is 8.42 Å². The summed E-state index contributed by atoms with van der Waals surface area (Å²) < 4.78 is 26.7. The molecule has 0 aliphatic carbocycles. The maximum absolute atomic E-state index is 12.2. The largest absolute Gasteiger partial charge is 0.399 e. The van der Waals surface area contributed by atoms with E-state index in [1.54, 1.807) is 12.1 Å². The van der Waals surface area contributed by atoms with Crippen molar-refractivity contribution in [1.82, 2.24) is 4.98 Å². The Labute approximate surface area is 120 Å². The first kappa shape index (κ1) is 14.1. The number of halogens is 1. The van der Waals surface area contributed by atoms with E-state index in [1.165, 1.54) is 30.3 Å². The van der Waals surface area contributed by atoms with Crippen LogP contribution in [0.1, 0.15) is 5.56 Å². The van der Waals surface area contributed by atoms with Gasteiger partial charge in [-0.25, -0.2) is 13.4 Å². The monoisotopic (exact) mass is 308 g/mol. The van der Waals surface area contributed by atoms with Crippen LogP contribution in [0.4, 0.5) is 11.5 Å². The van der Waals surface area contributed by atoms with E-state index in [-0.39, 0.29) is 21.4 Å². The van der Waals surface area contributed by atoms with E-state index in [1.807, 2.05) is 0 Å². The fourth-order valence-corrected chi connectivity index (χ4v) is 2.83. The summed E-state index contributed by atoms with van der Waals surface area (Å²) in [6, 6.07) is 10.3. The number of aromatic nitrogens is 1. The third kappa shape index (κ3) is 2.99. The zero-order valence-corrected chi connectivity index (χ0v) is 11.6. The molecule has 102 valence electrons. The van der Waals surface area contributed by atoms with E-state index in [0.717, 1.165) is 0 Å². The molecule has 8 heteroatoms. The first-order valence-corrected chi connectivity index (χ1v) is 7.23. The van der Waals surface area contributed by atoms with Gasteiger partial charge in [0.1, 0.15) is 21.9 Å². The number of nitrogens with one attached hydrogen (secondary N) is 1. The normalized spacial score (nSPS) is 10.8. The summed E-state index contributed by atoms with van der Waals surface area (Å²) in [6.07, 6.45) is 0. The van der Waals surface area contributed by atoms with Crippen LogP contribution in [0, 0.1) is 11.3 Å². The number of pyridine rings is 1. The summed E-state index contributed by atoms with van der Waals surface area (Å²) in [5.74, 6) is 0.0678. The Hall–Kier alpha value is -2.30. The molecular weight excluding hydrogens is 300 g/mol. The summed E-state index contributed by atoms with van der Waals surface area (Å²) >= 11 is 5.68. The summed E-state index contributed by atoms with van der Waals surface area (Å²) in [5.41, 5.74) is 5.79. The van der Waals surface area contributed by atoms with Gasteiger partial charge in [-0.05, 0) is 30.3 Å². The molecule has 0 amide bonds. The number of rotatable bonds is 3. The van der Waals surface area contributed by atoms with Crippen LogP contribution in [0.15, 0.2) is 41.3 Å². The van der Waals surface area contributed by atoms with Crippen molar-refractivity contribution in [2.24, 2.45) is 0 Å². The Kier molecular flexibility index (Phi) is 3.79. The number of benzene rings is 1. The molecule has 2 rings (SSSR count). The van der Waals surface area contributed by atoms with E-state index in [0.29, 0.717) is 5.69 Å². The zero-order valence-electron chi connectivity index (χ0n) is 10.0. The van der Waals surface area contributed by atoms with Crippen molar-refractivity contribution in [3.05, 3.63) is 47.1 Å². The minimum atomic E-state index is -3.94. The molecule has 0 bridgehead atoms. The van der Waals surface area contributed by atoms with Crippen LogP contribution in [0.25, 0.3) is 0 Å². The van der Waals surface area contributed by atoms with Gasteiger partial charge < -0.3 is 5.73 Å². The van der Waals surface area contributed by atoms with Gasteiger partial charge in [0.15, 0.2) is 0 Å². The first-order valence-electron chi connectivity index (χ1n) is 5.37. The average Bonchev–Trinajstić information content (AvgIpc) is 2.37. The number of nitriles is 1. The Morgan fingerprint density at radius 1 is 1.30 bits per heavy atom. The molecule has 0 radical (unpaired) electrons. The van der Waals surface area contributed by atoms with Crippen LogP contribution in [0.5, 0.6) is 0 Å². The first-order chi connectivity index (χ1) is 9.42. The molecule has 0 spiro atoms. The Morgan fingerprint density at radius 2 is 2.05 bits per heavy atom. The fourth-order valence-electron chi connectivity index (χ4n) is 1.53. The maximum Gasteiger partial charge on any atom is 0.264 e. The highest BCUT2D eigenvalue weighted by Gasteiger charge is 2.19. The molecule has 0 fully saturated rings. The van der Waals surface area contributed by atoms with Gasteiger partial charge in [-0.2, -0.15) is 5.26 Å². The van der Waals surface area contributed by atoms with Crippen LogP contribution >= 0.6 is 11.6 Å². The predicted octanol–water partition coefficient (Wildman–Crippen LogP) is 1.99. The molecule has 0 atom stereocenters. The minimum Gasteiger partial charge on any atom is -0.399 e. The Bertz CT molecular complexity index is 799. The second-order valence-corrected chi connectivity index (χ2v) is 5.86. The van der Waals surface area contributed by atoms with Gasteiger partial charge in [-0.1, -0.05) is 17.7 Å². The topological polar surface area (TPSA) is 109 Å². The average molecular weight is 309 g/mol. The van der Waals surface area contributed by atoms with Crippen molar-refractivity contribution >= 4 is 33.1 Å². The van der Waals surface area contributed by atoms with E-state index in [9.17, 15) is 8.42 Å². The molecule has 6 nitrogen and oxygen atoms in total. The van der Waals surface area contributed by atoms with Crippen molar-refractivity contribution in [3.63, 3.8) is 0 Å². The molecule has 20 heavy (non-hydrogen) atoms. The zero-order chi connectivity index (χ0) is 14.8. The lowest BCUT2D eigenvalue weighted by atomic mass is 10.2. The third-order valence-corrected chi connectivity index (χ3v) is 3.99. The molecular formula is C12H9ClN4O2S. The van der Waals surface area contributed by atoms with Crippen LogP contribution in [-0.4, -0.2) is 13.4 Å². The molecule has 0 aliphatic rings. The second kappa shape index (κ2) is 5.36. The van der Waals surface area contributed by atoms with Crippen molar-refractivity contribution in [2.45, 2.75) is 4.90 Å². The van der Waals surface area contributed by atoms with Gasteiger partial charge in [0.2, 0.25) is 0 Å². The molecule has 0 aliphatic heterocycles. The van der Waals surface area contributed by atoms with Crippen LogP contribution in [0.3, 0.4) is 0 Å². The molecule has 0 unspecified atom stereocenters. The van der Waals surface area contributed by atoms with Gasteiger partial charge in [-0.15, -0.1) is 0 Å². The number of anilines is 2. The van der Waals surface area contributed by atoms with Crippen molar-refractivity contribution in [1.29, 1.82) is 5.26 Å². The maximum atomic E-state index is 12.2. The SMILES string of the molecule is N#Cc1cc(N)ccc1S(=O)(=O)Nc1cccc(Cl)n1. The molecule has 0 saturated heterocycles. The van der Waals surface area contributed by atoms with Gasteiger partial charge >= 0.3 is 0 Å². The number of sulfonamides is 1. The molecule has 3 N–H and O–H groups in total. The van der Waals surface area contributed by atoms with E-state index < -0.39 is 10.0 Å². The Balaban J connectivity index is 2.44. The number of hydrogen-bond donors (Lipinski definition) is 2. The third-order valence-electron chi connectivity index (χ3n) is 2.37. The number of nitrogen functional groups attached to an aromatic ring is 1. The highest BCUT2D eigenvalue weighted by atomic mass is 35.5. The van der Waals surface area contributed by atoms with Gasteiger partial charge in [0.25, 0.3) is 10.0 Å². The summed E-state index contributed by atoms with van der Waals surface area (Å²) in [7, 11) is -3.94. The number of nitrogens with zero attached hydrogens (tertiary/aromatic N) is 2. The Morgan fingerprint density at radius 3 is 2.70 bits per heavy atom. The quantitative estimate of drug-likeness (QED) is 0.665.